The second kappa shape index (κ2) is 47.3. The Morgan fingerprint density at radius 3 is 1.38 bits per heavy atom. The quantitative estimate of drug-likeness (QED) is 0.0408. The molecule has 15 rings (SSSR count). The molecule has 33 heteroatoms. The first-order valence-electron chi connectivity index (χ1n) is 36.8. The normalized spacial score (nSPS) is 13.9. The molecule has 0 amide bonds. The van der Waals surface area contributed by atoms with E-state index in [1.807, 2.05) is 42.5 Å². The molecule has 630 valence electrons. The number of aryl methyl sites for hydroxylation is 5. The molecule has 5 N–H and O–H groups in total. The monoisotopic (exact) mass is 2100 g/mol. The first kappa shape index (κ1) is 97.8. The smallest absolute Gasteiger partial charge is 0.494 e. The fourth-order valence-electron chi connectivity index (χ4n) is 11.7. The fraction of sp³-hybridized carbons (Fsp3) is 0.279. The molecule has 8 aromatic carbocycles. The van der Waals surface area contributed by atoms with Crippen LogP contribution in [0.3, 0.4) is 0 Å². The molecule has 0 saturated carbocycles. The van der Waals surface area contributed by atoms with Gasteiger partial charge in [-0.25, -0.2) is 29.5 Å². The lowest BCUT2D eigenvalue weighted by Crippen LogP contribution is -2.41. The van der Waals surface area contributed by atoms with Crippen molar-refractivity contribution in [1.29, 1.82) is 0 Å². The lowest BCUT2D eigenvalue weighted by Gasteiger charge is -2.32. The summed E-state index contributed by atoms with van der Waals surface area (Å²) < 4.78 is 48.8. The summed E-state index contributed by atoms with van der Waals surface area (Å²) in [5, 5.41) is 49.6. The molecule has 0 radical (unpaired) electrons. The van der Waals surface area contributed by atoms with Gasteiger partial charge in [0, 0.05) is 45.7 Å². The summed E-state index contributed by atoms with van der Waals surface area (Å²) in [5.74, 6) is 2.61. The molecule has 1 saturated heterocycles. The van der Waals surface area contributed by atoms with Gasteiger partial charge >= 0.3 is 19.1 Å². The highest BCUT2D eigenvalue weighted by Crippen LogP contribution is 2.43. The van der Waals surface area contributed by atoms with E-state index in [4.69, 9.17) is 141 Å². The molecule has 0 aliphatic carbocycles. The minimum absolute atomic E-state index is 0.0416. The first-order chi connectivity index (χ1) is 56.6. The van der Waals surface area contributed by atoms with E-state index in [1.54, 1.807) is 66.7 Å². The lowest BCUT2D eigenvalue weighted by atomic mass is 9.78. The zero-order valence-corrected chi connectivity index (χ0v) is 78.9. The molecule has 0 bridgehead atoms. The fourth-order valence-corrected chi connectivity index (χ4v) is 16.7. The number of rotatable bonds is 13. The van der Waals surface area contributed by atoms with Gasteiger partial charge in [-0.3, -0.25) is 0 Å². The average molecular weight is 2110 g/mol. The standard InChI is InChI=1S/C15H20BClO3.C15H13ClN2O3.C14H11ClN2O3.C9H10BrClO2.3C9H8BrClO.C6H4BrClO/c1-14(2)15(3,4)20-16(19-14)11-8-10-6-5-7-18-13(10)12(17)9-11;1-20-15(19)13-7-12(17-8-18-13)10-5-9-3-2-4-21-14(9)11(16)6-10;15-10-5-9(4-8-2-1-3-20-13(8)10)11-6-12(14(18)19)17-7-16-11;10-7-4-6(2-1-3-12)9(13)8(11)5-7;10-7-4-6-2-1-3-12-9(6)8(11)5-7;1-2-5-12-9-4-3-7(10)6-8(9)11;1-2-3-6-4-7(10)5-8(11)9(6)12;7-4-1-2-6(9)5(8)3-4/h8-9H,5-7H2,1-4H3;5-8H,2-4H2,1H3;4-7H,1-3H2,(H,18,19);4-5,12-13H,1-3H2;4-5H,1-3H2;2-4,6H,1,5H2;2,4-5,12H,1,3H2;1-3,9H. The van der Waals surface area contributed by atoms with Crippen molar-refractivity contribution in [3.8, 4) is 68.5 Å². The Hall–Kier alpha value is -6.60. The summed E-state index contributed by atoms with van der Waals surface area (Å²) in [7, 11) is 0.946. The summed E-state index contributed by atoms with van der Waals surface area (Å²) in [6.07, 6.45) is 15.7. The number of allylic oxidation sites excluding steroid dienone is 1. The summed E-state index contributed by atoms with van der Waals surface area (Å²) in [6, 6.07) is 35.7. The number of aliphatic hydroxyl groups is 1. The summed E-state index contributed by atoms with van der Waals surface area (Å²) in [6.45, 7) is 18.8. The zero-order chi connectivity index (χ0) is 86.8. The van der Waals surface area contributed by atoms with Crippen LogP contribution in [0.5, 0.6) is 46.0 Å². The number of halogens is 13. The molecular formula is C86H82BBr5Cl8N4O15. The Labute approximate surface area is 773 Å². The maximum Gasteiger partial charge on any atom is 0.494 e. The van der Waals surface area contributed by atoms with E-state index in [9.17, 15) is 19.8 Å². The van der Waals surface area contributed by atoms with Crippen LogP contribution in [0.25, 0.3) is 22.5 Å². The van der Waals surface area contributed by atoms with Gasteiger partial charge in [-0.1, -0.05) is 197 Å². The molecule has 0 spiro atoms. The van der Waals surface area contributed by atoms with Crippen LogP contribution in [0.4, 0.5) is 0 Å². The molecule has 7 heterocycles. The number of carboxylic acids is 1. The third-order valence-electron chi connectivity index (χ3n) is 18.2. The van der Waals surface area contributed by atoms with Crippen molar-refractivity contribution >= 4 is 197 Å². The van der Waals surface area contributed by atoms with Gasteiger partial charge in [0.2, 0.25) is 0 Å². The van der Waals surface area contributed by atoms with Crippen molar-refractivity contribution < 1.29 is 72.9 Å². The SMILES string of the molecule is C=CCOc1ccc(Br)cc1Cl.C=CCc1cc(Br)cc(Cl)c1O.CC1(C)OB(c2cc(Cl)c3c(c2)CCCO3)OC1(C)C.COC(=O)c1cc(-c2cc(Cl)c3c(c2)CCCO3)ncn1.Clc1cc(Br)cc2c1OCCC2.O=C(O)c1cc(-c2cc(Cl)c3c(c2)CCCO3)ncn1.OCCCc1cc(Br)cc(Cl)c1O.Oc1ccc(Br)cc1Cl. The number of hydrogen-bond donors (Lipinski definition) is 5. The molecule has 5 aliphatic rings. The topological polar surface area (TPSA) is 261 Å². The van der Waals surface area contributed by atoms with Crippen LogP contribution in [0, 0.1) is 0 Å². The first-order valence-corrected chi connectivity index (χ1v) is 43.8. The highest BCUT2D eigenvalue weighted by atomic mass is 79.9. The van der Waals surface area contributed by atoms with Crippen molar-refractivity contribution in [1.82, 2.24) is 19.9 Å². The summed E-state index contributed by atoms with van der Waals surface area (Å²) in [5.41, 5.74) is 9.20. The summed E-state index contributed by atoms with van der Waals surface area (Å²) in [4.78, 5) is 38.4. The second-order valence-electron chi connectivity index (χ2n) is 27.4. The predicted molar refractivity (Wildman–Crippen MR) is 491 cm³/mol. The van der Waals surface area contributed by atoms with E-state index >= 15 is 0 Å². The number of phenols is 3. The Bertz CT molecular complexity index is 5220. The number of methoxy groups -OCH3 is 1. The maximum atomic E-state index is 11.5. The van der Waals surface area contributed by atoms with Gasteiger partial charge in [0.15, 0.2) is 11.4 Å². The maximum absolute atomic E-state index is 11.5. The second-order valence-corrected chi connectivity index (χ2v) is 35.2. The number of carbonyl (C=O) groups excluding carboxylic acids is 1. The Morgan fingerprint density at radius 2 is 0.916 bits per heavy atom. The highest BCUT2D eigenvalue weighted by molar-refractivity contribution is 9.11. The molecule has 2 aromatic heterocycles. The van der Waals surface area contributed by atoms with Crippen LogP contribution >= 0.6 is 172 Å². The van der Waals surface area contributed by atoms with Crippen molar-refractivity contribution in [2.24, 2.45) is 0 Å². The molecular weight excluding hydrogens is 2020 g/mol. The van der Waals surface area contributed by atoms with E-state index in [1.165, 1.54) is 37.5 Å². The number of fused-ring (bicyclic) bond motifs is 4. The highest BCUT2D eigenvalue weighted by Gasteiger charge is 2.52. The average Bonchev–Trinajstić information content (AvgIpc) is 1.74. The molecule has 1 fully saturated rings. The van der Waals surface area contributed by atoms with E-state index in [2.05, 4.69) is 157 Å². The Kier molecular flexibility index (Phi) is 38.9. The number of aromatic nitrogens is 4. The third kappa shape index (κ3) is 28.7. The molecule has 119 heavy (non-hydrogen) atoms. The van der Waals surface area contributed by atoms with E-state index in [0.29, 0.717) is 102 Å². The largest absolute Gasteiger partial charge is 0.506 e. The van der Waals surface area contributed by atoms with Crippen LogP contribution in [0.1, 0.15) is 114 Å². The number of aliphatic hydroxyl groups excluding tert-OH is 1. The van der Waals surface area contributed by atoms with E-state index < -0.39 is 11.9 Å². The van der Waals surface area contributed by atoms with Gasteiger partial charge in [0.1, 0.15) is 65.3 Å². The number of esters is 1. The Morgan fingerprint density at radius 1 is 0.496 bits per heavy atom. The molecule has 19 nitrogen and oxygen atoms in total. The number of aromatic carboxylic acids is 1. The number of carbonyl (C=O) groups is 2. The van der Waals surface area contributed by atoms with Crippen LogP contribution in [-0.2, 0) is 52.6 Å². The van der Waals surface area contributed by atoms with E-state index in [-0.39, 0.29) is 53.6 Å². The van der Waals surface area contributed by atoms with E-state index in [0.717, 1.165) is 149 Å². The zero-order valence-electron chi connectivity index (χ0n) is 64.9. The number of nitrogens with zero attached hydrogens (tertiary/aromatic N) is 4. The van der Waals surface area contributed by atoms with Crippen molar-refractivity contribution in [3.05, 3.63) is 267 Å². The number of benzene rings is 8. The van der Waals surface area contributed by atoms with Gasteiger partial charge in [-0.15, -0.1) is 6.58 Å². The minimum atomic E-state index is -1.08. The van der Waals surface area contributed by atoms with Crippen molar-refractivity contribution in [2.75, 3.05) is 46.8 Å². The number of hydrogen-bond acceptors (Lipinski definition) is 18. The predicted octanol–water partition coefficient (Wildman–Crippen LogP) is 24.9. The number of carboxylic acid groups (broad SMARTS) is 1. The van der Waals surface area contributed by atoms with Gasteiger partial charge in [0.25, 0.3) is 0 Å². The molecule has 5 aliphatic heterocycles. The van der Waals surface area contributed by atoms with Crippen molar-refractivity contribution in [2.45, 2.75) is 110 Å². The Balaban J connectivity index is 0.000000172. The summed E-state index contributed by atoms with van der Waals surface area (Å²) >= 11 is 64.2. The third-order valence-corrected chi connectivity index (χ3v) is 22.9. The molecule has 10 aromatic rings. The van der Waals surface area contributed by atoms with Gasteiger partial charge < -0.3 is 63.3 Å². The molecule has 0 atom stereocenters. The van der Waals surface area contributed by atoms with Crippen LogP contribution in [-0.4, -0.2) is 122 Å². The lowest BCUT2D eigenvalue weighted by molar-refractivity contribution is 0.00578. The van der Waals surface area contributed by atoms with Crippen LogP contribution in [0.15, 0.2) is 182 Å². The number of ether oxygens (including phenoxy) is 6. The number of aromatic hydroxyl groups is 3. The minimum Gasteiger partial charge on any atom is -0.506 e. The van der Waals surface area contributed by atoms with Gasteiger partial charge in [0.05, 0.1) is 96.3 Å². The van der Waals surface area contributed by atoms with Crippen molar-refractivity contribution in [3.63, 3.8) is 0 Å². The van der Waals surface area contributed by atoms with Gasteiger partial charge in [-0.2, -0.15) is 0 Å². The molecule has 0 unspecified atom stereocenters. The number of phenolic OH excluding ortho intramolecular Hbond substituents is 3. The van der Waals surface area contributed by atoms with Crippen LogP contribution < -0.4 is 29.1 Å². The van der Waals surface area contributed by atoms with Gasteiger partial charge in [-0.05, 0) is 247 Å². The van der Waals surface area contributed by atoms with Crippen LogP contribution in [0.2, 0.25) is 40.2 Å².